The predicted octanol–water partition coefficient (Wildman–Crippen LogP) is 0.324. The second-order valence-corrected chi connectivity index (χ2v) is 2.20. The van der Waals surface area contributed by atoms with Gasteiger partial charge in [0.15, 0.2) is 5.43 Å². The Bertz CT molecular complexity index is 365. The van der Waals surface area contributed by atoms with E-state index in [9.17, 15) is 4.79 Å². The van der Waals surface area contributed by atoms with Crippen LogP contribution in [0.5, 0.6) is 0 Å². The number of hydrogen-bond donors (Lipinski definition) is 3. The molecule has 0 aliphatic heterocycles. The van der Waals surface area contributed by atoms with Gasteiger partial charge in [-0.2, -0.15) is 0 Å². The van der Waals surface area contributed by atoms with Gasteiger partial charge in [0.05, 0.1) is 5.69 Å². The van der Waals surface area contributed by atoms with Crippen LogP contribution < -0.4 is 11.2 Å². The SMILES string of the molecule is N=C/C(=C\N)c1cc(=O)cc[nH]1. The van der Waals surface area contributed by atoms with Gasteiger partial charge in [0.1, 0.15) is 0 Å². The molecule has 12 heavy (non-hydrogen) atoms. The summed E-state index contributed by atoms with van der Waals surface area (Å²) < 4.78 is 0. The fraction of sp³-hybridized carbons (Fsp3) is 0. The molecule has 4 heteroatoms. The average molecular weight is 163 g/mol. The number of allylic oxidation sites excluding steroid dienone is 1. The van der Waals surface area contributed by atoms with Crippen molar-refractivity contribution in [3.8, 4) is 0 Å². The van der Waals surface area contributed by atoms with E-state index in [0.717, 1.165) is 6.21 Å². The molecular formula is C8H9N3O. The first-order valence-corrected chi connectivity index (χ1v) is 3.39. The number of rotatable bonds is 2. The second kappa shape index (κ2) is 3.52. The lowest BCUT2D eigenvalue weighted by Gasteiger charge is -1.97. The van der Waals surface area contributed by atoms with Crippen LogP contribution in [0.25, 0.3) is 5.57 Å². The Morgan fingerprint density at radius 2 is 2.42 bits per heavy atom. The molecule has 0 atom stereocenters. The summed E-state index contributed by atoms with van der Waals surface area (Å²) in [5.41, 5.74) is 6.17. The highest BCUT2D eigenvalue weighted by Gasteiger charge is 1.96. The number of aromatic amines is 1. The summed E-state index contributed by atoms with van der Waals surface area (Å²) in [4.78, 5) is 13.7. The normalized spacial score (nSPS) is 11.2. The molecule has 1 aromatic rings. The third-order valence-electron chi connectivity index (χ3n) is 1.42. The van der Waals surface area contributed by atoms with Crippen molar-refractivity contribution in [3.05, 3.63) is 40.4 Å². The third-order valence-corrected chi connectivity index (χ3v) is 1.42. The molecule has 0 saturated carbocycles. The van der Waals surface area contributed by atoms with Crippen molar-refractivity contribution in [1.82, 2.24) is 4.98 Å². The fourth-order valence-corrected chi connectivity index (χ4v) is 0.828. The molecule has 1 rings (SSSR count). The Hall–Kier alpha value is -1.84. The van der Waals surface area contributed by atoms with E-state index in [2.05, 4.69) is 4.98 Å². The van der Waals surface area contributed by atoms with Gasteiger partial charge in [0, 0.05) is 36.3 Å². The maximum absolute atomic E-state index is 10.9. The first-order chi connectivity index (χ1) is 5.77. The van der Waals surface area contributed by atoms with Crippen molar-refractivity contribution in [2.45, 2.75) is 0 Å². The van der Waals surface area contributed by atoms with Crippen molar-refractivity contribution in [1.29, 1.82) is 5.41 Å². The summed E-state index contributed by atoms with van der Waals surface area (Å²) in [6, 6.07) is 2.80. The van der Waals surface area contributed by atoms with Crippen LogP contribution in [-0.2, 0) is 0 Å². The van der Waals surface area contributed by atoms with Crippen LogP contribution in [0.4, 0.5) is 0 Å². The van der Waals surface area contributed by atoms with Crippen molar-refractivity contribution in [2.75, 3.05) is 0 Å². The van der Waals surface area contributed by atoms with Gasteiger partial charge in [0.2, 0.25) is 0 Å². The maximum atomic E-state index is 10.9. The number of H-pyrrole nitrogens is 1. The minimum absolute atomic E-state index is 0.107. The Morgan fingerprint density at radius 1 is 1.67 bits per heavy atom. The molecule has 0 bridgehead atoms. The molecule has 0 radical (unpaired) electrons. The third kappa shape index (κ3) is 1.60. The quantitative estimate of drug-likeness (QED) is 0.549. The van der Waals surface area contributed by atoms with E-state index in [-0.39, 0.29) is 5.43 Å². The molecule has 1 heterocycles. The van der Waals surface area contributed by atoms with E-state index in [4.69, 9.17) is 11.1 Å². The Kier molecular flexibility index (Phi) is 2.42. The number of aromatic nitrogens is 1. The van der Waals surface area contributed by atoms with E-state index in [0.29, 0.717) is 11.3 Å². The van der Waals surface area contributed by atoms with E-state index in [1.807, 2.05) is 0 Å². The van der Waals surface area contributed by atoms with Crippen LogP contribution in [0, 0.1) is 5.41 Å². The first kappa shape index (κ1) is 8.26. The topological polar surface area (TPSA) is 82.7 Å². The molecule has 0 aliphatic rings. The number of nitrogens with two attached hydrogens (primary N) is 1. The van der Waals surface area contributed by atoms with Gasteiger partial charge >= 0.3 is 0 Å². The van der Waals surface area contributed by atoms with Crippen LogP contribution in [0.2, 0.25) is 0 Å². The highest BCUT2D eigenvalue weighted by Crippen LogP contribution is 2.03. The number of nitrogens with one attached hydrogen (secondary N) is 2. The first-order valence-electron chi connectivity index (χ1n) is 3.39. The highest BCUT2D eigenvalue weighted by atomic mass is 16.1. The van der Waals surface area contributed by atoms with Gasteiger partial charge in [-0.3, -0.25) is 4.79 Å². The van der Waals surface area contributed by atoms with Crippen molar-refractivity contribution in [2.24, 2.45) is 5.73 Å². The Morgan fingerprint density at radius 3 is 2.92 bits per heavy atom. The van der Waals surface area contributed by atoms with E-state index >= 15 is 0 Å². The maximum Gasteiger partial charge on any atom is 0.182 e. The smallest absolute Gasteiger partial charge is 0.182 e. The Balaban J connectivity index is 3.19. The van der Waals surface area contributed by atoms with Crippen molar-refractivity contribution >= 4 is 11.8 Å². The van der Waals surface area contributed by atoms with Crippen LogP contribution in [0.3, 0.4) is 0 Å². The van der Waals surface area contributed by atoms with Gasteiger partial charge in [-0.25, -0.2) is 0 Å². The summed E-state index contributed by atoms with van der Waals surface area (Å²) in [5, 5.41) is 6.97. The standard InChI is InChI=1S/C8H9N3O/c9-4-6(5-10)8-3-7(12)1-2-11-8/h1-5,9H,10H2,(H,11,12)/b6-5+,9-4?. The second-order valence-electron chi connectivity index (χ2n) is 2.20. The highest BCUT2D eigenvalue weighted by molar-refractivity contribution is 6.07. The van der Waals surface area contributed by atoms with Crippen molar-refractivity contribution < 1.29 is 0 Å². The lowest BCUT2D eigenvalue weighted by atomic mass is 10.2. The molecule has 0 amide bonds. The molecular weight excluding hydrogens is 154 g/mol. The van der Waals surface area contributed by atoms with E-state index < -0.39 is 0 Å². The number of hydrogen-bond acceptors (Lipinski definition) is 3. The van der Waals surface area contributed by atoms with Crippen LogP contribution in [-0.4, -0.2) is 11.2 Å². The molecule has 4 N–H and O–H groups in total. The monoisotopic (exact) mass is 163 g/mol. The minimum Gasteiger partial charge on any atom is -0.404 e. The molecule has 0 fully saturated rings. The summed E-state index contributed by atoms with van der Waals surface area (Å²) >= 11 is 0. The Labute approximate surface area is 69.2 Å². The van der Waals surface area contributed by atoms with Crippen molar-refractivity contribution in [3.63, 3.8) is 0 Å². The van der Waals surface area contributed by atoms with E-state index in [1.54, 1.807) is 0 Å². The molecule has 0 unspecified atom stereocenters. The van der Waals surface area contributed by atoms with E-state index in [1.165, 1.54) is 24.5 Å². The molecule has 0 aromatic carbocycles. The summed E-state index contributed by atoms with van der Waals surface area (Å²) in [7, 11) is 0. The zero-order chi connectivity index (χ0) is 8.97. The fourth-order valence-electron chi connectivity index (χ4n) is 0.828. The summed E-state index contributed by atoms with van der Waals surface area (Å²) in [6.45, 7) is 0. The number of pyridine rings is 1. The largest absolute Gasteiger partial charge is 0.404 e. The van der Waals surface area contributed by atoms with Gasteiger partial charge in [-0.1, -0.05) is 0 Å². The van der Waals surface area contributed by atoms with Crippen LogP contribution in [0.1, 0.15) is 5.69 Å². The summed E-state index contributed by atoms with van der Waals surface area (Å²) in [6.07, 6.45) is 3.88. The zero-order valence-electron chi connectivity index (χ0n) is 6.37. The molecule has 0 saturated heterocycles. The lowest BCUT2D eigenvalue weighted by Crippen LogP contribution is -2.02. The molecule has 0 aliphatic carbocycles. The lowest BCUT2D eigenvalue weighted by molar-refractivity contribution is 1.26. The molecule has 4 nitrogen and oxygen atoms in total. The zero-order valence-corrected chi connectivity index (χ0v) is 6.37. The predicted molar refractivity (Wildman–Crippen MR) is 48.0 cm³/mol. The minimum atomic E-state index is -0.107. The van der Waals surface area contributed by atoms with Gasteiger partial charge in [-0.15, -0.1) is 0 Å². The molecule has 0 spiro atoms. The average Bonchev–Trinajstić information content (AvgIpc) is 2.07. The van der Waals surface area contributed by atoms with Crippen LogP contribution in [0.15, 0.2) is 29.3 Å². The molecule has 62 valence electrons. The molecule has 1 aromatic heterocycles. The van der Waals surface area contributed by atoms with Crippen LogP contribution >= 0.6 is 0 Å². The summed E-state index contributed by atoms with van der Waals surface area (Å²) in [5.74, 6) is 0. The van der Waals surface area contributed by atoms with Gasteiger partial charge in [-0.05, 0) is 0 Å². The van der Waals surface area contributed by atoms with Gasteiger partial charge in [0.25, 0.3) is 0 Å². The van der Waals surface area contributed by atoms with Gasteiger partial charge < -0.3 is 16.1 Å².